The zero-order chi connectivity index (χ0) is 13.7. The molecule has 0 N–H and O–H groups in total. The fourth-order valence-corrected chi connectivity index (χ4v) is 2.00. The van der Waals surface area contributed by atoms with Gasteiger partial charge in [-0.25, -0.2) is 4.79 Å². The maximum Gasteiger partial charge on any atom is 0.338 e. The van der Waals surface area contributed by atoms with Gasteiger partial charge in [-0.1, -0.05) is 15.9 Å². The van der Waals surface area contributed by atoms with Gasteiger partial charge in [0.25, 0.3) is 5.69 Å². The maximum atomic E-state index is 11.7. The number of hydrogen-bond acceptors (Lipinski definition) is 5. The van der Waals surface area contributed by atoms with Gasteiger partial charge in [0.05, 0.1) is 34.3 Å². The van der Waals surface area contributed by atoms with E-state index in [1.807, 2.05) is 0 Å². The largest absolute Gasteiger partial charge is 0.462 e. The summed E-state index contributed by atoms with van der Waals surface area (Å²) in [6, 6.07) is 4.21. The predicted octanol–water partition coefficient (Wildman–Crippen LogP) is 2.54. The number of rotatable bonds is 4. The van der Waals surface area contributed by atoms with Gasteiger partial charge in [0.1, 0.15) is 0 Å². The Morgan fingerprint density at radius 1 is 1.61 bits per heavy atom. The van der Waals surface area contributed by atoms with Gasteiger partial charge >= 0.3 is 5.97 Å². The maximum absolute atomic E-state index is 11.7. The van der Waals surface area contributed by atoms with Gasteiger partial charge in [-0.2, -0.15) is 5.26 Å². The second kappa shape index (κ2) is 6.12. The van der Waals surface area contributed by atoms with Crippen LogP contribution in [0, 0.1) is 21.4 Å². The molecule has 0 amide bonds. The molecule has 1 aromatic carbocycles. The van der Waals surface area contributed by atoms with Gasteiger partial charge in [0.2, 0.25) is 0 Å². The van der Waals surface area contributed by atoms with Crippen molar-refractivity contribution in [2.24, 2.45) is 0 Å². The summed E-state index contributed by atoms with van der Waals surface area (Å²) in [5.74, 6) is -0.674. The Bertz CT molecular complexity index is 537. The highest BCUT2D eigenvalue weighted by molar-refractivity contribution is 9.08. The van der Waals surface area contributed by atoms with E-state index >= 15 is 0 Å². The third-order valence-electron chi connectivity index (χ3n) is 2.18. The molecule has 6 nitrogen and oxygen atoms in total. The van der Waals surface area contributed by atoms with Gasteiger partial charge in [-0.3, -0.25) is 10.1 Å². The smallest absolute Gasteiger partial charge is 0.338 e. The molecular formula is C11H9BrN2O4. The zero-order valence-corrected chi connectivity index (χ0v) is 11.1. The summed E-state index contributed by atoms with van der Waals surface area (Å²) in [5.41, 5.74) is 0.0281. The molecule has 0 aliphatic carbocycles. The van der Waals surface area contributed by atoms with Crippen LogP contribution >= 0.6 is 15.9 Å². The van der Waals surface area contributed by atoms with Crippen LogP contribution < -0.4 is 0 Å². The van der Waals surface area contributed by atoms with Crippen molar-refractivity contribution < 1.29 is 14.5 Å². The number of nitrogens with zero attached hydrogens (tertiary/aromatic N) is 2. The van der Waals surface area contributed by atoms with Crippen molar-refractivity contribution in [3.05, 3.63) is 38.9 Å². The van der Waals surface area contributed by atoms with Crippen LogP contribution in [-0.2, 0) is 10.1 Å². The molecule has 0 unspecified atom stereocenters. The van der Waals surface area contributed by atoms with Crippen LogP contribution in [0.15, 0.2) is 12.1 Å². The van der Waals surface area contributed by atoms with E-state index in [1.165, 1.54) is 6.07 Å². The van der Waals surface area contributed by atoms with Crippen molar-refractivity contribution in [1.82, 2.24) is 0 Å². The molecule has 0 atom stereocenters. The Balaban J connectivity index is 3.48. The van der Waals surface area contributed by atoms with Crippen LogP contribution in [0.4, 0.5) is 5.69 Å². The van der Waals surface area contributed by atoms with Crippen molar-refractivity contribution >= 4 is 27.6 Å². The molecule has 0 heterocycles. The molecule has 1 aromatic rings. The molecule has 0 radical (unpaired) electrons. The van der Waals surface area contributed by atoms with Crippen molar-refractivity contribution in [3.63, 3.8) is 0 Å². The van der Waals surface area contributed by atoms with Crippen LogP contribution in [0.5, 0.6) is 0 Å². The van der Waals surface area contributed by atoms with E-state index in [0.29, 0.717) is 0 Å². The summed E-state index contributed by atoms with van der Waals surface area (Å²) in [6.45, 7) is 1.79. The van der Waals surface area contributed by atoms with Crippen LogP contribution in [0.1, 0.15) is 28.4 Å². The number of hydrogen-bond donors (Lipinski definition) is 0. The van der Waals surface area contributed by atoms with Gasteiger partial charge in [-0.15, -0.1) is 0 Å². The Hall–Kier alpha value is -1.94. The molecule has 1 rings (SSSR count). The van der Waals surface area contributed by atoms with Crippen LogP contribution in [0.25, 0.3) is 0 Å². The van der Waals surface area contributed by atoms with Crippen molar-refractivity contribution in [2.45, 2.75) is 12.3 Å². The average molecular weight is 313 g/mol. The van der Waals surface area contributed by atoms with Gasteiger partial charge < -0.3 is 4.74 Å². The summed E-state index contributed by atoms with van der Waals surface area (Å²) in [7, 11) is 0. The molecule has 0 bridgehead atoms. The van der Waals surface area contributed by atoms with E-state index in [-0.39, 0.29) is 34.3 Å². The highest BCUT2D eigenvalue weighted by Crippen LogP contribution is 2.27. The summed E-state index contributed by atoms with van der Waals surface area (Å²) < 4.78 is 4.81. The number of halogens is 1. The van der Waals surface area contributed by atoms with E-state index < -0.39 is 10.9 Å². The molecule has 0 fully saturated rings. The molecular weight excluding hydrogens is 304 g/mol. The predicted molar refractivity (Wildman–Crippen MR) is 66.4 cm³/mol. The first-order valence-electron chi connectivity index (χ1n) is 4.99. The molecule has 94 valence electrons. The van der Waals surface area contributed by atoms with Gasteiger partial charge in [0.15, 0.2) is 0 Å². The summed E-state index contributed by atoms with van der Waals surface area (Å²) in [5, 5.41) is 19.8. The number of ether oxygens (including phenoxy) is 1. The number of nitriles is 1. The lowest BCUT2D eigenvalue weighted by Crippen LogP contribution is -2.10. The minimum absolute atomic E-state index is 0.0412. The summed E-state index contributed by atoms with van der Waals surface area (Å²) in [4.78, 5) is 22.0. The first kappa shape index (κ1) is 14.1. The molecule has 0 saturated carbocycles. The Morgan fingerprint density at radius 2 is 2.28 bits per heavy atom. The fraction of sp³-hybridized carbons (Fsp3) is 0.273. The topological polar surface area (TPSA) is 93.2 Å². The number of nitro groups is 1. The molecule has 0 spiro atoms. The van der Waals surface area contributed by atoms with Gasteiger partial charge in [-0.05, 0) is 13.0 Å². The van der Waals surface area contributed by atoms with E-state index in [0.717, 1.165) is 6.07 Å². The molecule has 0 aliphatic rings. The number of carbonyl (C=O) groups is 1. The van der Waals surface area contributed by atoms with E-state index in [9.17, 15) is 14.9 Å². The first-order chi connectivity index (χ1) is 8.54. The second-order valence-electron chi connectivity index (χ2n) is 3.24. The lowest BCUT2D eigenvalue weighted by Gasteiger charge is -2.07. The monoisotopic (exact) mass is 312 g/mol. The third-order valence-corrected chi connectivity index (χ3v) is 2.74. The Labute approximate surface area is 111 Å². The second-order valence-corrected chi connectivity index (χ2v) is 3.81. The quantitative estimate of drug-likeness (QED) is 0.368. The Morgan fingerprint density at radius 3 is 2.72 bits per heavy atom. The molecule has 0 aromatic heterocycles. The van der Waals surface area contributed by atoms with Crippen LogP contribution in [-0.4, -0.2) is 17.5 Å². The molecule has 0 saturated heterocycles. The SMILES string of the molecule is CCOC(=O)c1cc(C#N)cc([N+](=O)[O-])c1CBr. The highest BCUT2D eigenvalue weighted by atomic mass is 79.9. The number of benzene rings is 1. The van der Waals surface area contributed by atoms with E-state index in [4.69, 9.17) is 10.00 Å². The van der Waals surface area contributed by atoms with E-state index in [2.05, 4.69) is 15.9 Å². The lowest BCUT2D eigenvalue weighted by molar-refractivity contribution is -0.385. The minimum atomic E-state index is -0.674. The van der Waals surface area contributed by atoms with Crippen molar-refractivity contribution in [1.29, 1.82) is 5.26 Å². The highest BCUT2D eigenvalue weighted by Gasteiger charge is 2.23. The molecule has 7 heteroatoms. The lowest BCUT2D eigenvalue weighted by atomic mass is 10.0. The number of esters is 1. The van der Waals surface area contributed by atoms with E-state index in [1.54, 1.807) is 13.0 Å². The van der Waals surface area contributed by atoms with Crippen LogP contribution in [0.3, 0.4) is 0 Å². The average Bonchev–Trinajstić information content (AvgIpc) is 2.37. The summed E-state index contributed by atoms with van der Waals surface area (Å²) in [6.07, 6.45) is 0. The minimum Gasteiger partial charge on any atom is -0.462 e. The number of alkyl halides is 1. The first-order valence-corrected chi connectivity index (χ1v) is 6.11. The third kappa shape index (κ3) is 2.84. The zero-order valence-electron chi connectivity index (χ0n) is 9.47. The van der Waals surface area contributed by atoms with Crippen molar-refractivity contribution in [3.8, 4) is 6.07 Å². The fourth-order valence-electron chi connectivity index (χ4n) is 1.42. The van der Waals surface area contributed by atoms with Crippen molar-refractivity contribution in [2.75, 3.05) is 6.61 Å². The van der Waals surface area contributed by atoms with Gasteiger partial charge in [0, 0.05) is 11.4 Å². The summed E-state index contributed by atoms with van der Waals surface area (Å²) >= 11 is 3.10. The molecule has 18 heavy (non-hydrogen) atoms. The molecule has 0 aliphatic heterocycles. The standard InChI is InChI=1S/C11H9BrN2O4/c1-2-18-11(15)8-3-7(6-13)4-10(14(16)17)9(8)5-12/h3-4H,2,5H2,1H3. The number of carbonyl (C=O) groups excluding carboxylic acids is 1. The van der Waals surface area contributed by atoms with Crippen LogP contribution in [0.2, 0.25) is 0 Å². The number of nitro benzene ring substituents is 1. The Kier molecular flexibility index (Phi) is 4.80. The normalized spacial score (nSPS) is 9.61.